The fourth-order valence-corrected chi connectivity index (χ4v) is 6.12. The maximum atomic E-state index is 6.17. The smallest absolute Gasteiger partial charge is 0.353 e. The van der Waals surface area contributed by atoms with Crippen molar-refractivity contribution in [3.05, 3.63) is 167 Å². The molecule has 2 aliphatic rings. The van der Waals surface area contributed by atoms with Gasteiger partial charge < -0.3 is 10.1 Å². The van der Waals surface area contributed by atoms with Crippen LogP contribution in [0.5, 0.6) is 11.5 Å². The van der Waals surface area contributed by atoms with Crippen LogP contribution in [0.1, 0.15) is 28.7 Å². The Balaban J connectivity index is 0.990. The number of carbonyl (C=O) groups excluding carboxylic acids is 1. The van der Waals surface area contributed by atoms with E-state index in [9.17, 15) is 0 Å². The number of ether oxygens (including phenoxy) is 1. The van der Waals surface area contributed by atoms with E-state index in [1.807, 2.05) is 43.5 Å². The van der Waals surface area contributed by atoms with Gasteiger partial charge in [-0.3, -0.25) is 0 Å². The van der Waals surface area contributed by atoms with E-state index in [-0.39, 0.29) is 0 Å². The van der Waals surface area contributed by atoms with E-state index in [4.69, 9.17) is 9.16 Å². The summed E-state index contributed by atoms with van der Waals surface area (Å²) < 4.78 is 12.3. The summed E-state index contributed by atoms with van der Waals surface area (Å²) in [6, 6.07) is 31.6. The van der Waals surface area contributed by atoms with Crippen LogP contribution >= 0.6 is 11.8 Å². The normalized spacial score (nSPS) is 15.5. The molecule has 2 aliphatic carbocycles. The van der Waals surface area contributed by atoms with E-state index in [0.29, 0.717) is 5.92 Å². The van der Waals surface area contributed by atoms with Crippen LogP contribution in [0.15, 0.2) is 155 Å². The SMILES string of the molecule is CNc1cc(C)ccc1CC1C=CC(Oc2ccc(Sc3ccc([O+]=C4C=CC(=Cc5ccc(C)cc5)C=C4)cc3)cc2)=CC1. The van der Waals surface area contributed by atoms with Gasteiger partial charge in [0, 0.05) is 46.8 Å². The number of hydrogen-bond acceptors (Lipinski definition) is 3. The lowest BCUT2D eigenvalue weighted by atomic mass is 9.91. The summed E-state index contributed by atoms with van der Waals surface area (Å²) in [5.41, 5.74) is 7.44. The van der Waals surface area contributed by atoms with Crippen molar-refractivity contribution in [3.63, 3.8) is 0 Å². The first-order chi connectivity index (χ1) is 22.0. The largest absolute Gasteiger partial charge is 0.458 e. The Morgan fingerprint density at radius 2 is 1.49 bits per heavy atom. The van der Waals surface area contributed by atoms with Crippen LogP contribution in [0.2, 0.25) is 0 Å². The average molecular weight is 609 g/mol. The maximum Gasteiger partial charge on any atom is 0.353 e. The van der Waals surface area contributed by atoms with Gasteiger partial charge >= 0.3 is 11.5 Å². The number of aryl methyl sites for hydroxylation is 2. The Labute approximate surface area is 271 Å². The highest BCUT2D eigenvalue weighted by Crippen LogP contribution is 2.32. The lowest BCUT2D eigenvalue weighted by Crippen LogP contribution is -2.08. The second-order valence-electron chi connectivity index (χ2n) is 11.4. The van der Waals surface area contributed by atoms with Gasteiger partial charge in [0.1, 0.15) is 11.5 Å². The first-order valence-electron chi connectivity index (χ1n) is 15.4. The van der Waals surface area contributed by atoms with Crippen LogP contribution in [-0.4, -0.2) is 12.8 Å². The van der Waals surface area contributed by atoms with Gasteiger partial charge in [-0.2, -0.15) is 0 Å². The molecular formula is C41H38NO2S+. The summed E-state index contributed by atoms with van der Waals surface area (Å²) >= 11 is 1.72. The third-order valence-electron chi connectivity index (χ3n) is 7.82. The van der Waals surface area contributed by atoms with Gasteiger partial charge in [0.2, 0.25) is 0 Å². The van der Waals surface area contributed by atoms with Crippen molar-refractivity contribution in [2.75, 3.05) is 12.4 Å². The van der Waals surface area contributed by atoms with Gasteiger partial charge in [0.25, 0.3) is 0 Å². The predicted octanol–water partition coefficient (Wildman–Crippen LogP) is 10.6. The molecule has 0 aromatic heterocycles. The van der Waals surface area contributed by atoms with Crippen molar-refractivity contribution in [2.45, 2.75) is 36.5 Å². The molecule has 0 spiro atoms. The molecular weight excluding hydrogens is 571 g/mol. The van der Waals surface area contributed by atoms with E-state index in [2.05, 4.69) is 122 Å². The molecule has 1 N–H and O–H groups in total. The molecule has 3 nitrogen and oxygen atoms in total. The van der Waals surface area contributed by atoms with E-state index < -0.39 is 0 Å². The van der Waals surface area contributed by atoms with Crippen molar-refractivity contribution in [1.29, 1.82) is 0 Å². The molecule has 0 aliphatic heterocycles. The van der Waals surface area contributed by atoms with E-state index in [1.54, 1.807) is 11.8 Å². The first-order valence-corrected chi connectivity index (χ1v) is 16.2. The Morgan fingerprint density at radius 3 is 2.16 bits per heavy atom. The molecule has 0 bridgehead atoms. The number of benzene rings is 4. The zero-order chi connectivity index (χ0) is 31.0. The number of hydrogen-bond donors (Lipinski definition) is 1. The Kier molecular flexibility index (Phi) is 9.62. The van der Waals surface area contributed by atoms with Crippen LogP contribution in [0, 0.1) is 19.8 Å². The molecule has 0 fully saturated rings. The lowest BCUT2D eigenvalue weighted by Gasteiger charge is -2.19. The van der Waals surface area contributed by atoms with E-state index in [1.165, 1.54) is 27.9 Å². The van der Waals surface area contributed by atoms with E-state index in [0.717, 1.165) is 51.2 Å². The summed E-state index contributed by atoms with van der Waals surface area (Å²) in [5.74, 6) is 3.85. The minimum absolute atomic E-state index is 0.469. The highest BCUT2D eigenvalue weighted by Gasteiger charge is 2.14. The first kappa shape index (κ1) is 30.2. The summed E-state index contributed by atoms with van der Waals surface area (Å²) in [6.07, 6.45) is 18.9. The quantitative estimate of drug-likeness (QED) is 0.192. The van der Waals surface area contributed by atoms with Crippen molar-refractivity contribution in [1.82, 2.24) is 0 Å². The molecule has 45 heavy (non-hydrogen) atoms. The van der Waals surface area contributed by atoms with Gasteiger partial charge in [-0.15, -0.1) is 0 Å². The number of nitrogens with one attached hydrogen (secondary N) is 1. The molecule has 224 valence electrons. The van der Waals surface area contributed by atoms with Gasteiger partial charge in [-0.05, 0) is 128 Å². The molecule has 0 amide bonds. The highest BCUT2D eigenvalue weighted by atomic mass is 32.2. The van der Waals surface area contributed by atoms with Crippen molar-refractivity contribution < 1.29 is 9.16 Å². The molecule has 4 aromatic rings. The predicted molar refractivity (Wildman–Crippen MR) is 189 cm³/mol. The van der Waals surface area contributed by atoms with Gasteiger partial charge in [0.15, 0.2) is 0 Å². The summed E-state index contributed by atoms with van der Waals surface area (Å²) in [6.45, 7) is 4.23. The Hall–Kier alpha value is -4.80. The second kappa shape index (κ2) is 14.3. The van der Waals surface area contributed by atoms with Crippen LogP contribution < -0.4 is 10.1 Å². The van der Waals surface area contributed by atoms with Crippen molar-refractivity contribution in [2.24, 2.45) is 5.92 Å². The standard InChI is InChI=1S/C41H38NO2S/c1-29-4-7-31(8-5-29)27-32-9-14-35(15-10-32)43-37-18-22-39(23-19-37)45-40-24-20-38(21-25-40)44-36-16-11-33(12-17-36)28-34-13-6-30(2)26-41(34)42-3/h4-11,13-27,33,42H,12,28H2,1-3H3/q+1. The molecule has 6 rings (SSSR count). The topological polar surface area (TPSA) is 32.6 Å². The molecule has 0 saturated carbocycles. The second-order valence-corrected chi connectivity index (χ2v) is 12.6. The molecule has 4 heteroatoms. The highest BCUT2D eigenvalue weighted by molar-refractivity contribution is 7.99. The summed E-state index contributed by atoms with van der Waals surface area (Å²) in [5, 5.41) is 3.33. The maximum absolute atomic E-state index is 6.17. The monoisotopic (exact) mass is 608 g/mol. The minimum Gasteiger partial charge on any atom is -0.458 e. The van der Waals surface area contributed by atoms with Gasteiger partial charge in [-0.25, -0.2) is 4.42 Å². The van der Waals surface area contributed by atoms with Gasteiger partial charge in [-0.1, -0.05) is 59.8 Å². The van der Waals surface area contributed by atoms with Crippen LogP contribution in [0.3, 0.4) is 0 Å². The zero-order valence-corrected chi connectivity index (χ0v) is 26.8. The Bertz CT molecular complexity index is 1800. The molecule has 4 aromatic carbocycles. The van der Waals surface area contributed by atoms with Crippen LogP contribution in [0.4, 0.5) is 5.69 Å². The fraction of sp³-hybridized carbons (Fsp3) is 0.146. The number of allylic oxidation sites excluding steroid dienone is 8. The third kappa shape index (κ3) is 8.43. The van der Waals surface area contributed by atoms with Crippen molar-refractivity contribution in [3.8, 4) is 11.5 Å². The number of ketones is 1. The molecule has 0 saturated heterocycles. The van der Waals surface area contributed by atoms with Gasteiger partial charge in [0.05, 0.1) is 0 Å². The number of rotatable bonds is 9. The molecule has 1 unspecified atom stereocenters. The van der Waals surface area contributed by atoms with Crippen LogP contribution in [0.25, 0.3) is 6.08 Å². The average Bonchev–Trinajstić information content (AvgIpc) is 3.06. The van der Waals surface area contributed by atoms with Crippen LogP contribution in [-0.2, 0) is 10.8 Å². The molecule has 0 radical (unpaired) electrons. The molecule has 0 heterocycles. The number of anilines is 1. The third-order valence-corrected chi connectivity index (χ3v) is 8.83. The fourth-order valence-electron chi connectivity index (χ4n) is 5.30. The minimum atomic E-state index is 0.469. The van der Waals surface area contributed by atoms with E-state index >= 15 is 0 Å². The summed E-state index contributed by atoms with van der Waals surface area (Å²) in [4.78, 5) is 2.31. The van der Waals surface area contributed by atoms with Crippen molar-refractivity contribution >= 4 is 29.3 Å². The Morgan fingerprint density at radius 1 is 0.800 bits per heavy atom. The summed E-state index contributed by atoms with van der Waals surface area (Å²) in [7, 11) is 1.99. The lowest BCUT2D eigenvalue weighted by molar-refractivity contribution is -0.364. The zero-order valence-electron chi connectivity index (χ0n) is 26.0. The molecule has 1 atom stereocenters.